The minimum Gasteiger partial charge on any atom is -0.456 e. The van der Waals surface area contributed by atoms with Gasteiger partial charge in [-0.3, -0.25) is 0 Å². The lowest BCUT2D eigenvalue weighted by Crippen LogP contribution is -2.37. The van der Waals surface area contributed by atoms with Crippen LogP contribution in [-0.2, 0) is 0 Å². The Morgan fingerprint density at radius 2 is 0.818 bits per heavy atom. The summed E-state index contributed by atoms with van der Waals surface area (Å²) >= 11 is 1.86. The van der Waals surface area contributed by atoms with Gasteiger partial charge in [0.1, 0.15) is 11.2 Å². The zero-order valence-electron chi connectivity index (χ0n) is 31.1. The molecule has 0 saturated carbocycles. The number of furan rings is 1. The number of hydrogen-bond acceptors (Lipinski definition) is 3. The molecule has 0 aliphatic heterocycles. The molecule has 2 aromatic heterocycles. The van der Waals surface area contributed by atoms with Gasteiger partial charge in [0.25, 0.3) is 0 Å². The zero-order chi connectivity index (χ0) is 37.1. The van der Waals surface area contributed by atoms with Crippen molar-refractivity contribution in [3.63, 3.8) is 0 Å². The quantitative estimate of drug-likeness (QED) is 0.151. The average molecular weight is 742 g/mol. The van der Waals surface area contributed by atoms with E-state index in [1.807, 2.05) is 23.5 Å². The van der Waals surface area contributed by atoms with Crippen LogP contribution in [0.1, 0.15) is 0 Å². The topological polar surface area (TPSA) is 16.4 Å². The average Bonchev–Trinajstić information content (AvgIpc) is 3.79. The second kappa shape index (κ2) is 13.3. The van der Waals surface area contributed by atoms with E-state index in [0.717, 1.165) is 39.0 Å². The first kappa shape index (κ1) is 33.4. The number of nitrogens with zero attached hydrogens (tertiary/aromatic N) is 1. The lowest BCUT2D eigenvalue weighted by molar-refractivity contribution is 0.669. The predicted molar refractivity (Wildman–Crippen MR) is 241 cm³/mol. The summed E-state index contributed by atoms with van der Waals surface area (Å²) in [6.45, 7) is 7.19. The van der Waals surface area contributed by atoms with Crippen molar-refractivity contribution < 1.29 is 4.42 Å². The molecule has 0 saturated heterocycles. The van der Waals surface area contributed by atoms with E-state index in [1.165, 1.54) is 58.7 Å². The second-order valence-electron chi connectivity index (χ2n) is 15.4. The van der Waals surface area contributed by atoms with Crippen molar-refractivity contribution in [3.8, 4) is 33.4 Å². The van der Waals surface area contributed by atoms with Gasteiger partial charge >= 0.3 is 0 Å². The van der Waals surface area contributed by atoms with E-state index in [0.29, 0.717) is 0 Å². The summed E-state index contributed by atoms with van der Waals surface area (Å²) in [6, 6.07) is 66.4. The number of benzene rings is 8. The van der Waals surface area contributed by atoms with Crippen LogP contribution in [0.4, 0.5) is 17.1 Å². The van der Waals surface area contributed by atoms with Crippen molar-refractivity contribution in [2.75, 3.05) is 4.90 Å². The van der Waals surface area contributed by atoms with Gasteiger partial charge in [0.15, 0.2) is 0 Å². The second-order valence-corrected chi connectivity index (χ2v) is 21.6. The third-order valence-corrected chi connectivity index (χ3v) is 14.1. The first-order chi connectivity index (χ1) is 26.9. The molecule has 264 valence electrons. The van der Waals surface area contributed by atoms with Crippen LogP contribution in [0.3, 0.4) is 0 Å². The highest BCUT2D eigenvalue weighted by Crippen LogP contribution is 2.40. The fourth-order valence-electron chi connectivity index (χ4n) is 7.83. The largest absolute Gasteiger partial charge is 0.456 e. The molecule has 0 unspecified atom stereocenters. The van der Waals surface area contributed by atoms with Crippen LogP contribution in [-0.4, -0.2) is 8.07 Å². The smallest absolute Gasteiger partial charge is 0.135 e. The molecule has 0 amide bonds. The molecule has 0 fully saturated rings. The molecular formula is C51H39NOSSi. The summed E-state index contributed by atoms with van der Waals surface area (Å²) in [5.41, 5.74) is 12.4. The number of anilines is 3. The van der Waals surface area contributed by atoms with Crippen molar-refractivity contribution in [2.24, 2.45) is 0 Å². The van der Waals surface area contributed by atoms with E-state index in [1.54, 1.807) is 0 Å². The van der Waals surface area contributed by atoms with Crippen LogP contribution < -0.4 is 10.1 Å². The van der Waals surface area contributed by atoms with Crippen molar-refractivity contribution >= 4 is 83.8 Å². The summed E-state index contributed by atoms with van der Waals surface area (Å²) in [4.78, 5) is 2.36. The monoisotopic (exact) mass is 741 g/mol. The van der Waals surface area contributed by atoms with Gasteiger partial charge in [-0.25, -0.2) is 0 Å². The zero-order valence-corrected chi connectivity index (χ0v) is 32.9. The Hall–Kier alpha value is -6.20. The van der Waals surface area contributed by atoms with Gasteiger partial charge in [0.05, 0.1) is 8.07 Å². The molecule has 2 heterocycles. The molecule has 4 heteroatoms. The molecule has 10 rings (SSSR count). The fourth-order valence-corrected chi connectivity index (χ4v) is 10.1. The standard InChI is InChI=1S/C51H39NOSSi/c1-55(2,3)43-28-18-35(19-29-43)34-12-22-40(23-13-34)52(41-24-14-36(15-25-41)38-20-30-49-46(32-38)44-8-4-6-10-48(44)53-49)42-26-16-37(17-27-42)39-21-31-51-47(33-39)45-9-5-7-11-50(45)54-51/h4-33H,1-3H3. The van der Waals surface area contributed by atoms with E-state index in [4.69, 9.17) is 4.42 Å². The molecule has 0 aliphatic carbocycles. The third-order valence-electron chi connectivity index (χ3n) is 10.9. The first-order valence-corrected chi connectivity index (χ1v) is 23.2. The van der Waals surface area contributed by atoms with Crippen LogP contribution in [0.25, 0.3) is 75.5 Å². The van der Waals surface area contributed by atoms with E-state index in [2.05, 4.69) is 194 Å². The number of thiophene rings is 1. The Kier molecular flexibility index (Phi) is 8.05. The molecule has 8 aromatic carbocycles. The highest BCUT2D eigenvalue weighted by atomic mass is 32.1. The summed E-state index contributed by atoms with van der Waals surface area (Å²) in [5.74, 6) is 0. The van der Waals surface area contributed by atoms with Crippen molar-refractivity contribution in [2.45, 2.75) is 19.6 Å². The predicted octanol–water partition coefficient (Wildman–Crippen LogP) is 15.0. The molecule has 10 aromatic rings. The van der Waals surface area contributed by atoms with Gasteiger partial charge in [0, 0.05) is 48.0 Å². The molecular weight excluding hydrogens is 703 g/mol. The Morgan fingerprint density at radius 1 is 0.382 bits per heavy atom. The molecule has 0 bridgehead atoms. The van der Waals surface area contributed by atoms with Crippen LogP contribution in [0.2, 0.25) is 19.6 Å². The van der Waals surface area contributed by atoms with Crippen molar-refractivity contribution in [1.29, 1.82) is 0 Å². The van der Waals surface area contributed by atoms with Gasteiger partial charge < -0.3 is 9.32 Å². The van der Waals surface area contributed by atoms with Crippen LogP contribution in [0.5, 0.6) is 0 Å². The fraction of sp³-hybridized carbons (Fsp3) is 0.0588. The normalized spacial score (nSPS) is 11.9. The van der Waals surface area contributed by atoms with Gasteiger partial charge in [-0.15, -0.1) is 11.3 Å². The van der Waals surface area contributed by atoms with Crippen LogP contribution in [0, 0.1) is 0 Å². The first-order valence-electron chi connectivity index (χ1n) is 18.9. The van der Waals surface area contributed by atoms with Crippen molar-refractivity contribution in [3.05, 3.63) is 182 Å². The molecule has 0 N–H and O–H groups in total. The van der Waals surface area contributed by atoms with Gasteiger partial charge in [-0.2, -0.15) is 0 Å². The molecule has 55 heavy (non-hydrogen) atoms. The Bertz CT molecular complexity index is 2830. The number of hydrogen-bond donors (Lipinski definition) is 0. The maximum Gasteiger partial charge on any atom is 0.135 e. The number of rotatable bonds is 7. The van der Waals surface area contributed by atoms with E-state index in [-0.39, 0.29) is 0 Å². The van der Waals surface area contributed by atoms with Crippen molar-refractivity contribution in [1.82, 2.24) is 0 Å². The summed E-state index contributed by atoms with van der Waals surface area (Å²) in [7, 11) is -1.36. The summed E-state index contributed by atoms with van der Waals surface area (Å²) in [5, 5.41) is 6.40. The maximum atomic E-state index is 6.11. The summed E-state index contributed by atoms with van der Waals surface area (Å²) in [6.07, 6.45) is 0. The van der Waals surface area contributed by atoms with Gasteiger partial charge in [0.2, 0.25) is 0 Å². The number of fused-ring (bicyclic) bond motifs is 6. The van der Waals surface area contributed by atoms with Gasteiger partial charge in [-0.05, 0) is 106 Å². The highest BCUT2D eigenvalue weighted by molar-refractivity contribution is 7.25. The van der Waals surface area contributed by atoms with E-state index < -0.39 is 8.07 Å². The minimum atomic E-state index is -1.36. The third kappa shape index (κ3) is 6.14. The highest BCUT2D eigenvalue weighted by Gasteiger charge is 2.17. The molecule has 0 aliphatic rings. The lowest BCUT2D eigenvalue weighted by Gasteiger charge is -2.26. The Morgan fingerprint density at radius 3 is 1.42 bits per heavy atom. The maximum absolute atomic E-state index is 6.11. The lowest BCUT2D eigenvalue weighted by atomic mass is 10.0. The van der Waals surface area contributed by atoms with E-state index in [9.17, 15) is 0 Å². The summed E-state index contributed by atoms with van der Waals surface area (Å²) < 4.78 is 8.77. The van der Waals surface area contributed by atoms with E-state index >= 15 is 0 Å². The van der Waals surface area contributed by atoms with Crippen LogP contribution in [0.15, 0.2) is 186 Å². The SMILES string of the molecule is C[Si](C)(C)c1ccc(-c2ccc(N(c3ccc(-c4ccc5oc6ccccc6c5c4)cc3)c3ccc(-c4ccc5sc6ccccc6c5c4)cc3)cc2)cc1. The molecule has 2 nitrogen and oxygen atoms in total. The Labute approximate surface area is 326 Å². The number of para-hydroxylation sites is 1. The molecule has 0 radical (unpaired) electrons. The van der Waals surface area contributed by atoms with Crippen LogP contribution >= 0.6 is 11.3 Å². The minimum absolute atomic E-state index is 0.912. The molecule has 0 spiro atoms. The molecule has 0 atom stereocenters. The Balaban J connectivity index is 1.01. The van der Waals surface area contributed by atoms with Gasteiger partial charge in [-0.1, -0.05) is 134 Å².